The summed E-state index contributed by atoms with van der Waals surface area (Å²) in [6.45, 7) is 10.7. The van der Waals surface area contributed by atoms with Crippen LogP contribution in [0.3, 0.4) is 0 Å². The number of benzene rings is 1. The Bertz CT molecular complexity index is 1580. The molecule has 5 aromatic rings. The molecule has 0 unspecified atom stereocenters. The van der Waals surface area contributed by atoms with Gasteiger partial charge in [0, 0.05) is 48.4 Å². The SMILES string of the molecule is Cc1cc(-c2ncnn3cc(-c4cnn(C)c4C)cc23)ccc1CNC(=O)c1cnn(C(C)(C)C)c1. The van der Waals surface area contributed by atoms with Crippen LogP contribution in [-0.4, -0.2) is 40.1 Å². The molecular formula is C27H30N8O. The topological polar surface area (TPSA) is 94.9 Å². The lowest BCUT2D eigenvalue weighted by molar-refractivity contribution is 0.0950. The second kappa shape index (κ2) is 8.75. The maximum absolute atomic E-state index is 12.7. The molecule has 36 heavy (non-hydrogen) atoms. The van der Waals surface area contributed by atoms with Crippen LogP contribution < -0.4 is 5.32 Å². The molecule has 1 amide bonds. The first-order chi connectivity index (χ1) is 17.1. The summed E-state index contributed by atoms with van der Waals surface area (Å²) in [6, 6.07) is 8.28. The highest BCUT2D eigenvalue weighted by Crippen LogP contribution is 2.30. The fourth-order valence-electron chi connectivity index (χ4n) is 4.21. The highest BCUT2D eigenvalue weighted by Gasteiger charge is 2.17. The predicted octanol–water partition coefficient (Wildman–Crippen LogP) is 4.30. The molecule has 0 spiro atoms. The van der Waals surface area contributed by atoms with Crippen LogP contribution in [0.15, 0.2) is 55.4 Å². The van der Waals surface area contributed by atoms with E-state index in [-0.39, 0.29) is 11.4 Å². The predicted molar refractivity (Wildman–Crippen MR) is 138 cm³/mol. The number of aromatic nitrogens is 7. The lowest BCUT2D eigenvalue weighted by atomic mass is 10.0. The standard InChI is InChI=1S/C27H30N8O/c1-17-9-19(7-8-20(17)11-28-26(36)22-12-31-35(15-22)27(3,4)5)25-24-10-21(14-34(24)32-16-29-25)23-13-30-33(6)18(23)2/h7-10,12-16H,11H2,1-6H3,(H,28,36). The van der Waals surface area contributed by atoms with Crippen molar-refractivity contribution in [3.8, 4) is 22.4 Å². The van der Waals surface area contributed by atoms with E-state index in [1.54, 1.807) is 23.4 Å². The first kappa shape index (κ1) is 23.5. The molecule has 1 N–H and O–H groups in total. The van der Waals surface area contributed by atoms with Crippen LogP contribution in [-0.2, 0) is 19.1 Å². The summed E-state index contributed by atoms with van der Waals surface area (Å²) in [5.74, 6) is -0.141. The van der Waals surface area contributed by atoms with Crippen molar-refractivity contribution in [1.82, 2.24) is 39.5 Å². The molecule has 0 fully saturated rings. The average molecular weight is 483 g/mol. The highest BCUT2D eigenvalue weighted by atomic mass is 16.1. The summed E-state index contributed by atoms with van der Waals surface area (Å²) in [5.41, 5.74) is 8.48. The van der Waals surface area contributed by atoms with Gasteiger partial charge in [-0.3, -0.25) is 14.2 Å². The Balaban J connectivity index is 1.37. The van der Waals surface area contributed by atoms with E-state index in [9.17, 15) is 4.79 Å². The maximum atomic E-state index is 12.7. The first-order valence-electron chi connectivity index (χ1n) is 11.9. The molecule has 9 heteroatoms. The van der Waals surface area contributed by atoms with Crippen LogP contribution in [0.25, 0.3) is 27.9 Å². The third kappa shape index (κ3) is 4.28. The van der Waals surface area contributed by atoms with Gasteiger partial charge in [0.2, 0.25) is 0 Å². The van der Waals surface area contributed by atoms with Gasteiger partial charge in [-0.2, -0.15) is 15.3 Å². The third-order valence-electron chi connectivity index (χ3n) is 6.54. The van der Waals surface area contributed by atoms with Gasteiger partial charge in [-0.15, -0.1) is 0 Å². The Labute approximate surface area is 209 Å². The fourth-order valence-corrected chi connectivity index (χ4v) is 4.21. The van der Waals surface area contributed by atoms with Crippen LogP contribution in [0.1, 0.15) is 48.0 Å². The minimum absolute atomic E-state index is 0.141. The van der Waals surface area contributed by atoms with Gasteiger partial charge in [0.25, 0.3) is 5.91 Å². The van der Waals surface area contributed by atoms with E-state index in [4.69, 9.17) is 0 Å². The minimum Gasteiger partial charge on any atom is -0.348 e. The number of aryl methyl sites for hydroxylation is 2. The number of carbonyl (C=O) groups excluding carboxylic acids is 1. The second-order valence-corrected chi connectivity index (χ2v) is 10.1. The summed E-state index contributed by atoms with van der Waals surface area (Å²) in [6.07, 6.45) is 8.84. The zero-order chi connectivity index (χ0) is 25.6. The van der Waals surface area contributed by atoms with Gasteiger partial charge in [-0.25, -0.2) is 9.50 Å². The number of hydrogen-bond donors (Lipinski definition) is 1. The summed E-state index contributed by atoms with van der Waals surface area (Å²) in [7, 11) is 1.94. The van der Waals surface area contributed by atoms with E-state index in [0.29, 0.717) is 12.1 Å². The van der Waals surface area contributed by atoms with Crippen LogP contribution in [0.5, 0.6) is 0 Å². The van der Waals surface area contributed by atoms with Crippen molar-refractivity contribution < 1.29 is 4.79 Å². The molecule has 0 atom stereocenters. The number of hydrogen-bond acceptors (Lipinski definition) is 5. The van der Waals surface area contributed by atoms with Gasteiger partial charge in [-0.1, -0.05) is 12.1 Å². The van der Waals surface area contributed by atoms with Gasteiger partial charge in [0.05, 0.1) is 34.7 Å². The van der Waals surface area contributed by atoms with Crippen molar-refractivity contribution in [1.29, 1.82) is 0 Å². The van der Waals surface area contributed by atoms with Crippen LogP contribution in [0.2, 0.25) is 0 Å². The Kier molecular flexibility index (Phi) is 5.70. The second-order valence-electron chi connectivity index (χ2n) is 10.1. The minimum atomic E-state index is -0.172. The van der Waals surface area contributed by atoms with Crippen molar-refractivity contribution in [3.05, 3.63) is 77.8 Å². The number of nitrogens with one attached hydrogen (secondary N) is 1. The third-order valence-corrected chi connectivity index (χ3v) is 6.54. The van der Waals surface area contributed by atoms with E-state index in [1.165, 1.54) is 0 Å². The summed E-state index contributed by atoms with van der Waals surface area (Å²) in [5, 5.41) is 16.1. The molecule has 9 nitrogen and oxygen atoms in total. The van der Waals surface area contributed by atoms with E-state index >= 15 is 0 Å². The van der Waals surface area contributed by atoms with Crippen molar-refractivity contribution in [2.45, 2.75) is 46.7 Å². The highest BCUT2D eigenvalue weighted by molar-refractivity contribution is 5.93. The lowest BCUT2D eigenvalue weighted by Gasteiger charge is -2.18. The Morgan fingerprint density at radius 3 is 2.47 bits per heavy atom. The molecule has 0 saturated carbocycles. The molecule has 4 heterocycles. The maximum Gasteiger partial charge on any atom is 0.254 e. The molecular weight excluding hydrogens is 452 g/mol. The average Bonchev–Trinajstić information content (AvgIpc) is 3.56. The molecule has 0 bridgehead atoms. The quantitative estimate of drug-likeness (QED) is 0.403. The van der Waals surface area contributed by atoms with Crippen molar-refractivity contribution in [2.75, 3.05) is 0 Å². The Hall–Kier alpha value is -4.27. The smallest absolute Gasteiger partial charge is 0.254 e. The summed E-state index contributed by atoms with van der Waals surface area (Å²) in [4.78, 5) is 17.2. The molecule has 0 radical (unpaired) electrons. The van der Waals surface area contributed by atoms with E-state index in [2.05, 4.69) is 44.7 Å². The van der Waals surface area contributed by atoms with E-state index < -0.39 is 0 Å². The Morgan fingerprint density at radius 2 is 1.81 bits per heavy atom. The number of fused-ring (bicyclic) bond motifs is 1. The fraction of sp³-hybridized carbons (Fsp3) is 0.296. The van der Waals surface area contributed by atoms with Crippen molar-refractivity contribution >= 4 is 11.4 Å². The number of nitrogens with zero attached hydrogens (tertiary/aromatic N) is 7. The molecule has 0 aliphatic rings. The largest absolute Gasteiger partial charge is 0.348 e. The molecule has 1 aromatic carbocycles. The van der Waals surface area contributed by atoms with Gasteiger partial charge >= 0.3 is 0 Å². The zero-order valence-corrected chi connectivity index (χ0v) is 21.4. The molecule has 0 aliphatic heterocycles. The number of rotatable bonds is 5. The zero-order valence-electron chi connectivity index (χ0n) is 21.4. The molecule has 0 aliphatic carbocycles. The molecule has 4 aromatic heterocycles. The first-order valence-corrected chi connectivity index (χ1v) is 11.9. The van der Waals surface area contributed by atoms with E-state index in [0.717, 1.165) is 44.7 Å². The van der Waals surface area contributed by atoms with Gasteiger partial charge < -0.3 is 5.32 Å². The van der Waals surface area contributed by atoms with Crippen LogP contribution in [0.4, 0.5) is 0 Å². The Morgan fingerprint density at radius 1 is 1.00 bits per heavy atom. The summed E-state index contributed by atoms with van der Waals surface area (Å²) >= 11 is 0. The van der Waals surface area contributed by atoms with E-state index in [1.807, 2.05) is 68.5 Å². The number of carbonyl (C=O) groups is 1. The monoisotopic (exact) mass is 482 g/mol. The lowest BCUT2D eigenvalue weighted by Crippen LogP contribution is -2.24. The summed E-state index contributed by atoms with van der Waals surface area (Å²) < 4.78 is 5.51. The van der Waals surface area contributed by atoms with Crippen LogP contribution in [0, 0.1) is 13.8 Å². The van der Waals surface area contributed by atoms with Crippen LogP contribution >= 0.6 is 0 Å². The van der Waals surface area contributed by atoms with Gasteiger partial charge in [0.15, 0.2) is 0 Å². The van der Waals surface area contributed by atoms with Crippen molar-refractivity contribution in [2.24, 2.45) is 7.05 Å². The van der Waals surface area contributed by atoms with Gasteiger partial charge in [-0.05, 0) is 57.9 Å². The normalized spacial score (nSPS) is 11.8. The van der Waals surface area contributed by atoms with Gasteiger partial charge in [0.1, 0.15) is 6.33 Å². The molecule has 184 valence electrons. The van der Waals surface area contributed by atoms with Crippen molar-refractivity contribution in [3.63, 3.8) is 0 Å². The molecule has 5 rings (SSSR count). The number of amides is 1. The molecule has 0 saturated heterocycles.